The Kier molecular flexibility index (Phi) is 5.37. The summed E-state index contributed by atoms with van der Waals surface area (Å²) < 4.78 is 7.74. The lowest BCUT2D eigenvalue weighted by Gasteiger charge is -2.06. The van der Waals surface area contributed by atoms with Crippen molar-refractivity contribution in [1.82, 2.24) is 14.5 Å². The summed E-state index contributed by atoms with van der Waals surface area (Å²) in [5, 5.41) is 0. The Morgan fingerprint density at radius 1 is 1.55 bits per heavy atom. The van der Waals surface area contributed by atoms with Gasteiger partial charge in [0.25, 0.3) is 0 Å². The van der Waals surface area contributed by atoms with Crippen LogP contribution in [0.15, 0.2) is 16.7 Å². The minimum absolute atomic E-state index is 0.181. The maximum atomic E-state index is 11.3. The van der Waals surface area contributed by atoms with Crippen molar-refractivity contribution in [2.45, 2.75) is 32.2 Å². The summed E-state index contributed by atoms with van der Waals surface area (Å²) in [5.74, 6) is 0.893. The van der Waals surface area contributed by atoms with Crippen molar-refractivity contribution in [3.05, 3.63) is 22.6 Å². The van der Waals surface area contributed by atoms with Crippen LogP contribution < -0.4 is 0 Å². The zero-order valence-electron chi connectivity index (χ0n) is 11.1. The minimum atomic E-state index is -0.181. The molecule has 2 heterocycles. The molecule has 2 rings (SSSR count). The van der Waals surface area contributed by atoms with Gasteiger partial charge in [-0.15, -0.1) is 11.6 Å². The van der Waals surface area contributed by atoms with E-state index in [9.17, 15) is 4.79 Å². The van der Waals surface area contributed by atoms with E-state index in [0.717, 1.165) is 21.5 Å². The van der Waals surface area contributed by atoms with Crippen molar-refractivity contribution in [3.8, 4) is 0 Å². The van der Waals surface area contributed by atoms with Crippen molar-refractivity contribution >= 4 is 44.7 Å². The molecule has 0 unspecified atom stereocenters. The van der Waals surface area contributed by atoms with E-state index in [-0.39, 0.29) is 5.97 Å². The fraction of sp³-hybridized carbons (Fsp3) is 0.462. The van der Waals surface area contributed by atoms with Crippen LogP contribution in [-0.4, -0.2) is 27.1 Å². The number of aromatic nitrogens is 3. The third-order valence-corrected chi connectivity index (χ3v) is 3.49. The highest BCUT2D eigenvalue weighted by Crippen LogP contribution is 2.20. The first-order chi connectivity index (χ1) is 9.65. The average Bonchev–Trinajstić information content (AvgIpc) is 2.76. The molecular weight excluding hydrogens is 346 g/mol. The number of alkyl halides is 1. The number of carbonyl (C=O) groups is 1. The van der Waals surface area contributed by atoms with Crippen LogP contribution in [0.5, 0.6) is 0 Å². The second-order valence-corrected chi connectivity index (χ2v) is 5.40. The van der Waals surface area contributed by atoms with Gasteiger partial charge in [-0.05, 0) is 35.3 Å². The first-order valence-corrected chi connectivity index (χ1v) is 7.70. The number of imidazole rings is 1. The highest BCUT2D eigenvalue weighted by atomic mass is 79.9. The lowest BCUT2D eigenvalue weighted by Crippen LogP contribution is -2.08. The van der Waals surface area contributed by atoms with Gasteiger partial charge in [-0.25, -0.2) is 9.97 Å². The number of fused-ring (bicyclic) bond motifs is 1. The summed E-state index contributed by atoms with van der Waals surface area (Å²) in [6.07, 6.45) is 2.78. The van der Waals surface area contributed by atoms with Crippen molar-refractivity contribution in [2.75, 3.05) is 6.61 Å². The molecule has 0 bridgehead atoms. The van der Waals surface area contributed by atoms with Gasteiger partial charge in [0.15, 0.2) is 5.65 Å². The SMILES string of the molecule is CCOC(=O)CCCn1c(CCl)nc2cc(Br)cnc21. The Hall–Kier alpha value is -1.14. The lowest BCUT2D eigenvalue weighted by atomic mass is 10.3. The molecule has 0 aliphatic carbocycles. The zero-order chi connectivity index (χ0) is 14.5. The first-order valence-electron chi connectivity index (χ1n) is 6.38. The van der Waals surface area contributed by atoms with E-state index < -0.39 is 0 Å². The Bertz CT molecular complexity index is 615. The Morgan fingerprint density at radius 2 is 2.35 bits per heavy atom. The van der Waals surface area contributed by atoms with Crippen LogP contribution >= 0.6 is 27.5 Å². The number of ether oxygens (including phenoxy) is 1. The van der Waals surface area contributed by atoms with Crippen LogP contribution in [0, 0.1) is 0 Å². The maximum absolute atomic E-state index is 11.3. The normalized spacial score (nSPS) is 10.9. The molecule has 0 aliphatic rings. The predicted octanol–water partition coefficient (Wildman–Crippen LogP) is 3.28. The smallest absolute Gasteiger partial charge is 0.305 e. The maximum Gasteiger partial charge on any atom is 0.305 e. The van der Waals surface area contributed by atoms with Gasteiger partial charge in [-0.2, -0.15) is 0 Å². The van der Waals surface area contributed by atoms with E-state index >= 15 is 0 Å². The molecule has 0 amide bonds. The second-order valence-electron chi connectivity index (χ2n) is 4.22. The quantitative estimate of drug-likeness (QED) is 0.586. The molecule has 0 fully saturated rings. The van der Waals surface area contributed by atoms with Gasteiger partial charge in [0, 0.05) is 23.6 Å². The first kappa shape index (κ1) is 15.3. The van der Waals surface area contributed by atoms with Gasteiger partial charge < -0.3 is 9.30 Å². The zero-order valence-corrected chi connectivity index (χ0v) is 13.4. The van der Waals surface area contributed by atoms with Crippen LogP contribution in [0.4, 0.5) is 0 Å². The molecule has 7 heteroatoms. The van der Waals surface area contributed by atoms with Crippen molar-refractivity contribution in [1.29, 1.82) is 0 Å². The number of carbonyl (C=O) groups excluding carboxylic acids is 1. The van der Waals surface area contributed by atoms with Crippen molar-refractivity contribution in [3.63, 3.8) is 0 Å². The van der Waals surface area contributed by atoms with Gasteiger partial charge in [0.1, 0.15) is 11.3 Å². The van der Waals surface area contributed by atoms with Gasteiger partial charge in [0.2, 0.25) is 0 Å². The summed E-state index contributed by atoms with van der Waals surface area (Å²) in [5.41, 5.74) is 1.58. The number of pyridine rings is 1. The summed E-state index contributed by atoms with van der Waals surface area (Å²) in [4.78, 5) is 20.1. The number of hydrogen-bond donors (Lipinski definition) is 0. The molecule has 0 saturated carbocycles. The fourth-order valence-electron chi connectivity index (χ4n) is 1.98. The molecule has 2 aromatic rings. The van der Waals surface area contributed by atoms with Crippen LogP contribution in [0.25, 0.3) is 11.2 Å². The molecule has 20 heavy (non-hydrogen) atoms. The molecule has 0 saturated heterocycles. The Labute approximate surface area is 130 Å². The minimum Gasteiger partial charge on any atom is -0.466 e. The fourth-order valence-corrected chi connectivity index (χ4v) is 2.51. The largest absolute Gasteiger partial charge is 0.466 e. The molecule has 5 nitrogen and oxygen atoms in total. The van der Waals surface area contributed by atoms with Crippen molar-refractivity contribution < 1.29 is 9.53 Å². The monoisotopic (exact) mass is 359 g/mol. The molecule has 0 atom stereocenters. The van der Waals surface area contributed by atoms with Crippen molar-refractivity contribution in [2.24, 2.45) is 0 Å². The van der Waals surface area contributed by atoms with Gasteiger partial charge >= 0.3 is 5.97 Å². The Balaban J connectivity index is 2.14. The van der Waals surface area contributed by atoms with E-state index in [4.69, 9.17) is 16.3 Å². The summed E-state index contributed by atoms with van der Waals surface area (Å²) >= 11 is 9.29. The molecule has 0 spiro atoms. The van der Waals surface area contributed by atoms with Gasteiger partial charge in [-0.1, -0.05) is 0 Å². The molecule has 2 aromatic heterocycles. The van der Waals surface area contributed by atoms with Gasteiger partial charge in [-0.3, -0.25) is 4.79 Å². The standard InChI is InChI=1S/C13H15BrClN3O2/c1-2-20-12(19)4-3-5-18-11(7-15)17-10-6-9(14)8-16-13(10)18/h6,8H,2-5,7H2,1H3. The molecule has 0 aromatic carbocycles. The topological polar surface area (TPSA) is 57.0 Å². The second kappa shape index (κ2) is 7.04. The highest BCUT2D eigenvalue weighted by Gasteiger charge is 2.12. The number of hydrogen-bond acceptors (Lipinski definition) is 4. The summed E-state index contributed by atoms with van der Waals surface area (Å²) in [6.45, 7) is 2.86. The van der Waals surface area contributed by atoms with Crippen LogP contribution in [0.3, 0.4) is 0 Å². The third-order valence-electron chi connectivity index (χ3n) is 2.82. The predicted molar refractivity (Wildman–Crippen MR) is 80.7 cm³/mol. The summed E-state index contributed by atoms with van der Waals surface area (Å²) in [6, 6.07) is 1.90. The van der Waals surface area contributed by atoms with E-state index in [2.05, 4.69) is 25.9 Å². The molecule has 0 radical (unpaired) electrons. The number of nitrogens with zero attached hydrogens (tertiary/aromatic N) is 3. The number of rotatable bonds is 6. The third kappa shape index (κ3) is 3.49. The Morgan fingerprint density at radius 3 is 3.05 bits per heavy atom. The van der Waals surface area contributed by atoms with E-state index in [0.29, 0.717) is 31.9 Å². The molecule has 0 aliphatic heterocycles. The van der Waals surface area contributed by atoms with Crippen LogP contribution in [0.2, 0.25) is 0 Å². The molecule has 0 N–H and O–H groups in total. The molecule has 108 valence electrons. The average molecular weight is 361 g/mol. The van der Waals surface area contributed by atoms with E-state index in [1.165, 1.54) is 0 Å². The number of halogens is 2. The van der Waals surface area contributed by atoms with Crippen LogP contribution in [-0.2, 0) is 22.0 Å². The lowest BCUT2D eigenvalue weighted by molar-refractivity contribution is -0.143. The van der Waals surface area contributed by atoms with Crippen LogP contribution in [0.1, 0.15) is 25.6 Å². The van der Waals surface area contributed by atoms with E-state index in [1.54, 1.807) is 13.1 Å². The summed E-state index contributed by atoms with van der Waals surface area (Å²) in [7, 11) is 0. The highest BCUT2D eigenvalue weighted by molar-refractivity contribution is 9.10. The molecular formula is C13H15BrClN3O2. The number of aryl methyl sites for hydroxylation is 1. The number of esters is 1. The van der Waals surface area contributed by atoms with Gasteiger partial charge in [0.05, 0.1) is 12.5 Å². The van der Waals surface area contributed by atoms with E-state index in [1.807, 2.05) is 10.6 Å².